The zero-order valence-electron chi connectivity index (χ0n) is 11.1. The molecule has 0 saturated heterocycles. The zero-order valence-corrected chi connectivity index (χ0v) is 13.3. The van der Waals surface area contributed by atoms with Crippen LogP contribution in [0.2, 0.25) is 15.2 Å². The van der Waals surface area contributed by atoms with Crippen LogP contribution in [0.3, 0.4) is 0 Å². The molecule has 0 aliphatic rings. The maximum absolute atomic E-state index is 10.2. The van der Waals surface area contributed by atoms with E-state index in [0.29, 0.717) is 32.3 Å². The number of halogens is 3. The van der Waals surface area contributed by atoms with E-state index in [2.05, 4.69) is 20.6 Å². The van der Waals surface area contributed by atoms with E-state index in [1.54, 1.807) is 25.2 Å². The summed E-state index contributed by atoms with van der Waals surface area (Å²) in [5, 5.41) is 17.3. The van der Waals surface area contributed by atoms with Crippen LogP contribution in [-0.4, -0.2) is 28.7 Å². The van der Waals surface area contributed by atoms with Crippen LogP contribution in [0, 0.1) is 0 Å². The second-order valence-corrected chi connectivity index (χ2v) is 5.47. The third kappa shape index (κ3) is 4.11. The number of nitrogens with one attached hydrogen (secondary N) is 2. The molecule has 0 radical (unpaired) electrons. The summed E-state index contributed by atoms with van der Waals surface area (Å²) < 4.78 is 0. The number of hydrogen-bond acceptors (Lipinski definition) is 5. The highest BCUT2D eigenvalue weighted by atomic mass is 35.5. The van der Waals surface area contributed by atoms with Gasteiger partial charge in [0.2, 0.25) is 0 Å². The van der Waals surface area contributed by atoms with E-state index in [1.807, 2.05) is 0 Å². The van der Waals surface area contributed by atoms with E-state index in [-0.39, 0.29) is 6.54 Å². The van der Waals surface area contributed by atoms with Crippen LogP contribution in [0.4, 0.5) is 11.5 Å². The van der Waals surface area contributed by atoms with Crippen LogP contribution in [0.1, 0.15) is 11.7 Å². The first-order chi connectivity index (χ1) is 10.0. The molecule has 0 aliphatic carbocycles. The van der Waals surface area contributed by atoms with Gasteiger partial charge in [-0.15, -0.1) is 0 Å². The molecule has 1 aromatic heterocycles. The van der Waals surface area contributed by atoms with Crippen molar-refractivity contribution >= 4 is 46.3 Å². The number of aliphatic hydroxyl groups is 1. The molecule has 0 aliphatic heterocycles. The van der Waals surface area contributed by atoms with Crippen molar-refractivity contribution in [3.05, 3.63) is 45.3 Å². The Morgan fingerprint density at radius 1 is 1.14 bits per heavy atom. The molecular formula is C13H13Cl3N4O. The van der Waals surface area contributed by atoms with Gasteiger partial charge in [-0.2, -0.15) is 0 Å². The summed E-state index contributed by atoms with van der Waals surface area (Å²) in [7, 11) is 1.71. The molecule has 0 bridgehead atoms. The van der Waals surface area contributed by atoms with Crippen LogP contribution < -0.4 is 10.6 Å². The number of rotatable bonds is 5. The molecule has 1 unspecified atom stereocenters. The first-order valence-electron chi connectivity index (χ1n) is 6.07. The lowest BCUT2D eigenvalue weighted by Gasteiger charge is -2.15. The quantitative estimate of drug-likeness (QED) is 0.721. The van der Waals surface area contributed by atoms with Crippen molar-refractivity contribution in [3.8, 4) is 0 Å². The predicted octanol–water partition coefficient (Wildman–Crippen LogP) is 3.62. The summed E-state index contributed by atoms with van der Waals surface area (Å²) in [6.45, 7) is 0.221. The number of aromatic nitrogens is 2. The summed E-state index contributed by atoms with van der Waals surface area (Å²) in [5.41, 5.74) is 1.18. The van der Waals surface area contributed by atoms with Gasteiger partial charge in [-0.25, -0.2) is 9.97 Å². The largest absolute Gasteiger partial charge is 0.387 e. The molecule has 2 aromatic rings. The van der Waals surface area contributed by atoms with E-state index >= 15 is 0 Å². The number of anilines is 2. The second kappa shape index (κ2) is 7.13. The molecule has 0 spiro atoms. The lowest BCUT2D eigenvalue weighted by molar-refractivity contribution is 0.191. The molecule has 5 nitrogen and oxygen atoms in total. The summed E-state index contributed by atoms with van der Waals surface area (Å²) in [5.74, 6) is 0.504. The first kappa shape index (κ1) is 16.1. The van der Waals surface area contributed by atoms with Gasteiger partial charge in [0.1, 0.15) is 12.0 Å². The summed E-state index contributed by atoms with van der Waals surface area (Å²) in [6, 6.07) is 4.92. The number of nitrogens with zero attached hydrogens (tertiary/aromatic N) is 2. The van der Waals surface area contributed by atoms with E-state index in [0.717, 1.165) is 0 Å². The summed E-state index contributed by atoms with van der Waals surface area (Å²) in [4.78, 5) is 7.95. The molecule has 2 rings (SSSR count). The summed E-state index contributed by atoms with van der Waals surface area (Å²) >= 11 is 17.8. The minimum absolute atomic E-state index is 0.221. The maximum atomic E-state index is 10.2. The van der Waals surface area contributed by atoms with Gasteiger partial charge < -0.3 is 15.7 Å². The molecule has 8 heteroatoms. The molecule has 1 atom stereocenters. The Labute approximate surface area is 137 Å². The molecule has 112 valence electrons. The molecule has 3 N–H and O–H groups in total. The number of hydrogen-bond donors (Lipinski definition) is 3. The van der Waals surface area contributed by atoms with Crippen molar-refractivity contribution < 1.29 is 5.11 Å². The van der Waals surface area contributed by atoms with Gasteiger partial charge in [0.15, 0.2) is 11.0 Å². The molecule has 21 heavy (non-hydrogen) atoms. The highest BCUT2D eigenvalue weighted by Crippen LogP contribution is 2.27. The minimum atomic E-state index is -0.792. The molecule has 1 heterocycles. The zero-order chi connectivity index (χ0) is 15.4. The SMILES string of the molecule is CNc1c(Cl)ncnc1NCC(O)c1cc(Cl)cc(Cl)c1. The second-order valence-electron chi connectivity index (χ2n) is 4.24. The van der Waals surface area contributed by atoms with Gasteiger partial charge in [-0.05, 0) is 23.8 Å². The lowest BCUT2D eigenvalue weighted by Crippen LogP contribution is -2.14. The fraction of sp³-hybridized carbons (Fsp3) is 0.231. The molecule has 0 fully saturated rings. The Bertz CT molecular complexity index is 619. The monoisotopic (exact) mass is 346 g/mol. The van der Waals surface area contributed by atoms with Crippen molar-refractivity contribution in [1.82, 2.24) is 9.97 Å². The van der Waals surface area contributed by atoms with Gasteiger partial charge in [0.05, 0.1) is 6.10 Å². The Hall–Kier alpha value is -1.27. The molecule has 0 amide bonds. The third-order valence-electron chi connectivity index (χ3n) is 2.78. The number of aliphatic hydroxyl groups excluding tert-OH is 1. The predicted molar refractivity (Wildman–Crippen MR) is 86.5 cm³/mol. The van der Waals surface area contributed by atoms with Crippen molar-refractivity contribution in [2.24, 2.45) is 0 Å². The molecule has 1 aromatic carbocycles. The first-order valence-corrected chi connectivity index (χ1v) is 7.21. The van der Waals surface area contributed by atoms with E-state index < -0.39 is 6.10 Å². The van der Waals surface area contributed by atoms with Crippen LogP contribution in [0.25, 0.3) is 0 Å². The average Bonchev–Trinajstić information content (AvgIpc) is 2.43. The third-order valence-corrected chi connectivity index (χ3v) is 3.51. The van der Waals surface area contributed by atoms with Gasteiger partial charge in [0, 0.05) is 23.6 Å². The van der Waals surface area contributed by atoms with Crippen molar-refractivity contribution in [2.75, 3.05) is 24.2 Å². The van der Waals surface area contributed by atoms with Crippen LogP contribution in [-0.2, 0) is 0 Å². The van der Waals surface area contributed by atoms with Gasteiger partial charge in [-0.1, -0.05) is 34.8 Å². The number of benzene rings is 1. The Morgan fingerprint density at radius 3 is 2.43 bits per heavy atom. The average molecular weight is 348 g/mol. The van der Waals surface area contributed by atoms with E-state index in [9.17, 15) is 5.11 Å². The van der Waals surface area contributed by atoms with Crippen molar-refractivity contribution in [3.63, 3.8) is 0 Å². The van der Waals surface area contributed by atoms with Gasteiger partial charge in [0.25, 0.3) is 0 Å². The van der Waals surface area contributed by atoms with Crippen LogP contribution in [0.5, 0.6) is 0 Å². The fourth-order valence-electron chi connectivity index (χ4n) is 1.80. The Kier molecular flexibility index (Phi) is 5.47. The Morgan fingerprint density at radius 2 is 1.81 bits per heavy atom. The standard InChI is InChI=1S/C13H13Cl3N4O/c1-17-11-12(16)19-6-20-13(11)18-5-10(21)7-2-8(14)4-9(15)3-7/h2-4,6,10,17,21H,5H2,1H3,(H,18,19,20). The lowest BCUT2D eigenvalue weighted by atomic mass is 10.1. The van der Waals surface area contributed by atoms with Crippen LogP contribution in [0.15, 0.2) is 24.5 Å². The van der Waals surface area contributed by atoms with Gasteiger partial charge >= 0.3 is 0 Å². The Balaban J connectivity index is 2.11. The van der Waals surface area contributed by atoms with Crippen molar-refractivity contribution in [2.45, 2.75) is 6.10 Å². The smallest absolute Gasteiger partial charge is 0.157 e. The summed E-state index contributed by atoms with van der Waals surface area (Å²) in [6.07, 6.45) is 0.549. The van der Waals surface area contributed by atoms with Crippen LogP contribution >= 0.6 is 34.8 Å². The van der Waals surface area contributed by atoms with E-state index in [4.69, 9.17) is 34.8 Å². The van der Waals surface area contributed by atoms with Crippen molar-refractivity contribution in [1.29, 1.82) is 0 Å². The highest BCUT2D eigenvalue weighted by Gasteiger charge is 2.12. The maximum Gasteiger partial charge on any atom is 0.157 e. The normalized spacial score (nSPS) is 12.0. The topological polar surface area (TPSA) is 70.1 Å². The highest BCUT2D eigenvalue weighted by molar-refractivity contribution is 6.34. The van der Waals surface area contributed by atoms with E-state index in [1.165, 1.54) is 6.33 Å². The molecular weight excluding hydrogens is 335 g/mol. The molecule has 0 saturated carbocycles. The van der Waals surface area contributed by atoms with Gasteiger partial charge in [-0.3, -0.25) is 0 Å². The minimum Gasteiger partial charge on any atom is -0.387 e. The fourth-order valence-corrected chi connectivity index (χ4v) is 2.57.